The minimum absolute atomic E-state index is 0.0375. The van der Waals surface area contributed by atoms with Crippen LogP contribution in [0.1, 0.15) is 52.4 Å². The molecule has 1 unspecified atom stereocenters. The molecule has 0 bridgehead atoms. The Kier molecular flexibility index (Phi) is 8.08. The van der Waals surface area contributed by atoms with Crippen molar-refractivity contribution in [1.82, 2.24) is 0 Å². The predicted octanol–water partition coefficient (Wildman–Crippen LogP) is 3.00. The van der Waals surface area contributed by atoms with Gasteiger partial charge in [0.05, 0.1) is 0 Å². The second kappa shape index (κ2) is 8.17. The Bertz CT molecular complexity index is 129. The van der Waals surface area contributed by atoms with E-state index in [4.69, 9.17) is 10.0 Å². The van der Waals surface area contributed by atoms with Gasteiger partial charge in [0.15, 0.2) is 0 Å². The van der Waals surface area contributed by atoms with E-state index in [1.54, 1.807) is 6.92 Å². The van der Waals surface area contributed by atoms with Crippen LogP contribution < -0.4 is 0 Å². The standard InChI is InChI=1S/C10H23NO3/c1-3-5-6-7-8-9-10-14-11(12,13)4-2/h12H,3-10H2,1-2H3. The molecule has 14 heavy (non-hydrogen) atoms. The van der Waals surface area contributed by atoms with Gasteiger partial charge in [0, 0.05) is 0 Å². The fourth-order valence-corrected chi connectivity index (χ4v) is 1.18. The van der Waals surface area contributed by atoms with Crippen LogP contribution in [0.2, 0.25) is 0 Å². The number of hydroxylamine groups is 3. The van der Waals surface area contributed by atoms with Crippen LogP contribution in [0.4, 0.5) is 0 Å². The summed E-state index contributed by atoms with van der Waals surface area (Å²) < 4.78 is 0. The summed E-state index contributed by atoms with van der Waals surface area (Å²) in [6.07, 6.45) is 6.88. The van der Waals surface area contributed by atoms with Gasteiger partial charge in [-0.05, 0) is 13.3 Å². The molecule has 0 aromatic rings. The molecule has 0 aromatic carbocycles. The van der Waals surface area contributed by atoms with Crippen molar-refractivity contribution in [3.8, 4) is 0 Å². The van der Waals surface area contributed by atoms with Crippen molar-refractivity contribution >= 4 is 0 Å². The molecule has 0 fully saturated rings. The van der Waals surface area contributed by atoms with Crippen molar-refractivity contribution in [1.29, 1.82) is 0 Å². The molecule has 0 aliphatic carbocycles. The molecule has 0 amide bonds. The van der Waals surface area contributed by atoms with Crippen LogP contribution in [0.15, 0.2) is 0 Å². The smallest absolute Gasteiger partial charge is 0.139 e. The maximum Gasteiger partial charge on any atom is 0.139 e. The second-order valence-electron chi connectivity index (χ2n) is 3.55. The summed E-state index contributed by atoms with van der Waals surface area (Å²) in [5, 5.41) is 19.8. The van der Waals surface area contributed by atoms with Gasteiger partial charge in [-0.2, -0.15) is 10.0 Å². The summed E-state index contributed by atoms with van der Waals surface area (Å²) in [4.78, 5) is 3.16. The van der Waals surface area contributed by atoms with Crippen LogP contribution >= 0.6 is 0 Å². The quantitative estimate of drug-likeness (QED) is 0.357. The van der Waals surface area contributed by atoms with Crippen LogP contribution in [0, 0.1) is 5.21 Å². The number of unbranched alkanes of at least 4 members (excludes halogenated alkanes) is 5. The van der Waals surface area contributed by atoms with Gasteiger partial charge in [-0.25, -0.2) is 0 Å². The van der Waals surface area contributed by atoms with Crippen LogP contribution in [0.5, 0.6) is 0 Å². The Hall–Kier alpha value is -0.160. The summed E-state index contributed by atoms with van der Waals surface area (Å²) in [6.45, 7) is 4.16. The van der Waals surface area contributed by atoms with Gasteiger partial charge in [-0.15, -0.1) is 0 Å². The molecule has 0 saturated heterocycles. The molecule has 1 N–H and O–H groups in total. The van der Waals surface area contributed by atoms with E-state index in [0.29, 0.717) is 6.61 Å². The first-order valence-electron chi connectivity index (χ1n) is 5.58. The Balaban J connectivity index is 3.13. The highest BCUT2D eigenvalue weighted by molar-refractivity contribution is 4.42. The third-order valence-electron chi connectivity index (χ3n) is 2.19. The first-order valence-corrected chi connectivity index (χ1v) is 5.58. The molecule has 0 rings (SSSR count). The molecular formula is C10H23NO3. The molecule has 0 saturated carbocycles. The zero-order valence-corrected chi connectivity index (χ0v) is 9.37. The van der Waals surface area contributed by atoms with Gasteiger partial charge in [0.1, 0.15) is 13.2 Å². The Morgan fingerprint density at radius 2 is 1.64 bits per heavy atom. The summed E-state index contributed by atoms with van der Waals surface area (Å²) in [7, 11) is 0. The molecule has 86 valence electrons. The van der Waals surface area contributed by atoms with E-state index in [0.717, 1.165) is 12.8 Å². The van der Waals surface area contributed by atoms with Crippen LogP contribution in [-0.2, 0) is 4.84 Å². The zero-order valence-electron chi connectivity index (χ0n) is 9.37. The van der Waals surface area contributed by atoms with E-state index >= 15 is 0 Å². The van der Waals surface area contributed by atoms with E-state index in [1.165, 1.54) is 25.7 Å². The lowest BCUT2D eigenvalue weighted by Gasteiger charge is -2.28. The van der Waals surface area contributed by atoms with Gasteiger partial charge in [0.2, 0.25) is 0 Å². The highest BCUT2D eigenvalue weighted by Crippen LogP contribution is 2.06. The normalized spacial score (nSPS) is 15.4. The largest absolute Gasteiger partial charge is 0.564 e. The molecule has 4 heteroatoms. The van der Waals surface area contributed by atoms with Crippen molar-refractivity contribution in [2.24, 2.45) is 0 Å². The number of quaternary nitrogens is 1. The minimum Gasteiger partial charge on any atom is -0.564 e. The van der Waals surface area contributed by atoms with Crippen LogP contribution in [0.25, 0.3) is 0 Å². The number of hydrogen-bond donors (Lipinski definition) is 1. The first-order chi connectivity index (χ1) is 6.62. The van der Waals surface area contributed by atoms with Crippen molar-refractivity contribution in [2.45, 2.75) is 52.4 Å². The number of nitrogens with zero attached hydrogens (tertiary/aromatic N) is 1. The summed E-state index contributed by atoms with van der Waals surface area (Å²) in [5.74, 6) is 0. The minimum atomic E-state index is -1.56. The average Bonchev–Trinajstić information content (AvgIpc) is 2.16. The molecule has 0 aromatic heterocycles. The summed E-state index contributed by atoms with van der Waals surface area (Å²) in [6, 6.07) is 0. The topological polar surface area (TPSA) is 52.5 Å². The van der Waals surface area contributed by atoms with E-state index in [-0.39, 0.29) is 6.54 Å². The van der Waals surface area contributed by atoms with Gasteiger partial charge in [-0.3, -0.25) is 0 Å². The van der Waals surface area contributed by atoms with Crippen molar-refractivity contribution in [3.05, 3.63) is 5.21 Å². The number of hydrogen-bond acceptors (Lipinski definition) is 3. The average molecular weight is 205 g/mol. The molecule has 0 radical (unpaired) electrons. The Labute approximate surface area is 86.6 Å². The lowest BCUT2D eigenvalue weighted by Crippen LogP contribution is -2.38. The fourth-order valence-electron chi connectivity index (χ4n) is 1.18. The maximum atomic E-state index is 10.9. The second-order valence-corrected chi connectivity index (χ2v) is 3.55. The van der Waals surface area contributed by atoms with Crippen LogP contribution in [0.3, 0.4) is 0 Å². The first kappa shape index (κ1) is 13.8. The van der Waals surface area contributed by atoms with Gasteiger partial charge >= 0.3 is 0 Å². The highest BCUT2D eigenvalue weighted by Gasteiger charge is 2.10. The Morgan fingerprint density at radius 3 is 2.21 bits per heavy atom. The molecule has 0 heterocycles. The van der Waals surface area contributed by atoms with Crippen molar-refractivity contribution in [2.75, 3.05) is 13.2 Å². The summed E-state index contributed by atoms with van der Waals surface area (Å²) >= 11 is 0. The van der Waals surface area contributed by atoms with Gasteiger partial charge in [0.25, 0.3) is 0 Å². The van der Waals surface area contributed by atoms with E-state index in [9.17, 15) is 5.21 Å². The molecule has 0 aliphatic rings. The van der Waals surface area contributed by atoms with E-state index in [2.05, 4.69) is 6.92 Å². The van der Waals surface area contributed by atoms with E-state index in [1.807, 2.05) is 0 Å². The van der Waals surface area contributed by atoms with Crippen molar-refractivity contribution < 1.29 is 15.0 Å². The van der Waals surface area contributed by atoms with Crippen molar-refractivity contribution in [3.63, 3.8) is 0 Å². The third kappa shape index (κ3) is 8.44. The monoisotopic (exact) mass is 205 g/mol. The Morgan fingerprint density at radius 1 is 1.07 bits per heavy atom. The summed E-state index contributed by atoms with van der Waals surface area (Å²) in [5.41, 5.74) is 0. The van der Waals surface area contributed by atoms with Gasteiger partial charge in [-0.1, -0.05) is 44.0 Å². The number of rotatable bonds is 9. The molecular weight excluding hydrogens is 182 g/mol. The van der Waals surface area contributed by atoms with Gasteiger partial charge < -0.3 is 5.21 Å². The van der Waals surface area contributed by atoms with E-state index < -0.39 is 4.97 Å². The maximum absolute atomic E-state index is 10.9. The molecule has 4 nitrogen and oxygen atoms in total. The fraction of sp³-hybridized carbons (Fsp3) is 1.00. The highest BCUT2D eigenvalue weighted by atomic mass is 17.1. The lowest BCUT2D eigenvalue weighted by molar-refractivity contribution is -1.21. The molecule has 1 atom stereocenters. The SMILES string of the molecule is CCCCCCCCO[N+]([O-])(O)CC. The van der Waals surface area contributed by atoms with Crippen LogP contribution in [-0.4, -0.2) is 23.3 Å². The molecule has 0 spiro atoms. The zero-order chi connectivity index (χ0) is 10.9. The third-order valence-corrected chi connectivity index (χ3v) is 2.19. The predicted molar refractivity (Wildman–Crippen MR) is 55.3 cm³/mol. The lowest BCUT2D eigenvalue weighted by atomic mass is 10.1. The molecule has 0 aliphatic heterocycles.